The summed E-state index contributed by atoms with van der Waals surface area (Å²) in [4.78, 5) is 0. The zero-order valence-corrected chi connectivity index (χ0v) is 16.5. The number of rotatable bonds is 8. The topological polar surface area (TPSA) is 76.7 Å². The number of benzene rings is 2. The van der Waals surface area contributed by atoms with E-state index in [2.05, 4.69) is 9.67 Å². The Morgan fingerprint density at radius 3 is 2.50 bits per heavy atom. The molecule has 0 aliphatic carbocycles. The number of fused-ring (bicyclic) bond motifs is 1. The van der Waals surface area contributed by atoms with Gasteiger partial charge in [0.15, 0.2) is 6.20 Å². The van der Waals surface area contributed by atoms with E-state index in [0.717, 1.165) is 22.2 Å². The van der Waals surface area contributed by atoms with E-state index < -0.39 is 10.1 Å². The van der Waals surface area contributed by atoms with Crippen molar-refractivity contribution in [3.05, 3.63) is 72.4 Å². The molecule has 0 N–H and O–H groups in total. The van der Waals surface area contributed by atoms with Crippen molar-refractivity contribution in [1.82, 2.24) is 0 Å². The summed E-state index contributed by atoms with van der Waals surface area (Å²) in [6.45, 7) is 0.650. The van der Waals surface area contributed by atoms with E-state index in [-0.39, 0.29) is 5.75 Å². The molecule has 0 atom stereocenters. The van der Waals surface area contributed by atoms with E-state index in [1.165, 1.54) is 0 Å². The molecule has 7 heteroatoms. The van der Waals surface area contributed by atoms with Crippen molar-refractivity contribution in [2.24, 2.45) is 5.10 Å². The molecule has 3 aromatic rings. The smallest absolute Gasteiger partial charge is 0.213 e. The second kappa shape index (κ2) is 8.95. The summed E-state index contributed by atoms with van der Waals surface area (Å²) in [6.07, 6.45) is 4.79. The van der Waals surface area contributed by atoms with Gasteiger partial charge in [-0.3, -0.25) is 5.01 Å². The molecule has 0 aliphatic rings. The number of aromatic nitrogens is 1. The van der Waals surface area contributed by atoms with E-state index in [4.69, 9.17) is 0 Å². The molecule has 1 aromatic heterocycles. The number of unbranched alkanes of at least 4 members (excludes halogenated alkanes) is 1. The van der Waals surface area contributed by atoms with E-state index in [1.54, 1.807) is 0 Å². The summed E-state index contributed by atoms with van der Waals surface area (Å²) in [5, 5.41) is 7.42. The predicted octanol–water partition coefficient (Wildman–Crippen LogP) is 2.92. The lowest BCUT2D eigenvalue weighted by molar-refractivity contribution is -0.671. The highest BCUT2D eigenvalue weighted by molar-refractivity contribution is 7.85. The van der Waals surface area contributed by atoms with Crippen molar-refractivity contribution >= 4 is 32.9 Å². The molecule has 146 valence electrons. The minimum Gasteiger partial charge on any atom is -0.748 e. The van der Waals surface area contributed by atoms with Crippen molar-refractivity contribution in [1.29, 1.82) is 0 Å². The molecule has 0 fully saturated rings. The molecule has 0 saturated heterocycles. The van der Waals surface area contributed by atoms with Crippen LogP contribution in [-0.4, -0.2) is 32.0 Å². The third kappa shape index (κ3) is 5.37. The van der Waals surface area contributed by atoms with Crippen molar-refractivity contribution in [3.63, 3.8) is 0 Å². The maximum absolute atomic E-state index is 10.7. The fraction of sp³-hybridized carbons (Fsp3) is 0.238. The van der Waals surface area contributed by atoms with Crippen LogP contribution in [0.5, 0.6) is 0 Å². The molecule has 0 radical (unpaired) electrons. The van der Waals surface area contributed by atoms with Crippen LogP contribution in [0.25, 0.3) is 10.9 Å². The SMILES string of the molecule is CN(/N=C/c1cc[n+](CCCCS(=O)(=O)[O-])c2ccccc12)c1ccccc1. The van der Waals surface area contributed by atoms with Gasteiger partial charge in [-0.1, -0.05) is 30.3 Å². The van der Waals surface area contributed by atoms with Gasteiger partial charge in [0.1, 0.15) is 6.54 Å². The fourth-order valence-corrected chi connectivity index (χ4v) is 3.59. The Labute approximate surface area is 165 Å². The van der Waals surface area contributed by atoms with Crippen LogP contribution < -0.4 is 9.58 Å². The van der Waals surface area contributed by atoms with Gasteiger partial charge in [-0.2, -0.15) is 9.67 Å². The molecule has 0 bridgehead atoms. The Bertz CT molecular complexity index is 1070. The molecule has 28 heavy (non-hydrogen) atoms. The molecule has 0 aliphatic heterocycles. The summed E-state index contributed by atoms with van der Waals surface area (Å²) in [5.41, 5.74) is 3.04. The molecular weight excluding hydrogens is 374 g/mol. The molecule has 0 saturated carbocycles. The predicted molar refractivity (Wildman–Crippen MR) is 110 cm³/mol. The maximum atomic E-state index is 10.7. The van der Waals surface area contributed by atoms with Gasteiger partial charge in [0.05, 0.1) is 27.4 Å². The van der Waals surface area contributed by atoms with Crippen LogP contribution >= 0.6 is 0 Å². The lowest BCUT2D eigenvalue weighted by Gasteiger charge is -2.12. The third-order valence-corrected chi connectivity index (χ3v) is 5.29. The summed E-state index contributed by atoms with van der Waals surface area (Å²) < 4.78 is 34.3. The van der Waals surface area contributed by atoms with Crippen LogP contribution in [-0.2, 0) is 16.7 Å². The van der Waals surface area contributed by atoms with Crippen LogP contribution in [0.2, 0.25) is 0 Å². The number of anilines is 1. The Morgan fingerprint density at radius 2 is 1.75 bits per heavy atom. The Morgan fingerprint density at radius 1 is 1.04 bits per heavy atom. The number of hydrogen-bond donors (Lipinski definition) is 0. The second-order valence-electron chi connectivity index (χ2n) is 6.55. The average Bonchev–Trinajstić information content (AvgIpc) is 2.70. The molecule has 0 unspecified atom stereocenters. The van der Waals surface area contributed by atoms with Crippen LogP contribution in [0.4, 0.5) is 5.69 Å². The van der Waals surface area contributed by atoms with Gasteiger partial charge >= 0.3 is 0 Å². The van der Waals surface area contributed by atoms with Gasteiger partial charge in [-0.05, 0) is 24.6 Å². The van der Waals surface area contributed by atoms with Gasteiger partial charge in [-0.25, -0.2) is 8.42 Å². The number of nitrogens with zero attached hydrogens (tertiary/aromatic N) is 3. The normalized spacial score (nSPS) is 11.9. The average molecular weight is 398 g/mol. The van der Waals surface area contributed by atoms with Gasteiger partial charge in [0.2, 0.25) is 5.52 Å². The lowest BCUT2D eigenvalue weighted by atomic mass is 10.1. The van der Waals surface area contributed by atoms with Crippen molar-refractivity contribution in [3.8, 4) is 0 Å². The Kier molecular flexibility index (Phi) is 6.38. The Hall–Kier alpha value is -2.77. The molecule has 6 nitrogen and oxygen atoms in total. The number of aryl methyl sites for hydroxylation is 1. The highest BCUT2D eigenvalue weighted by Crippen LogP contribution is 2.15. The molecule has 2 aromatic carbocycles. The highest BCUT2D eigenvalue weighted by atomic mass is 32.2. The first-order chi connectivity index (χ1) is 13.4. The van der Waals surface area contributed by atoms with E-state index in [1.807, 2.05) is 85.1 Å². The largest absolute Gasteiger partial charge is 0.748 e. The van der Waals surface area contributed by atoms with E-state index in [0.29, 0.717) is 19.4 Å². The third-order valence-electron chi connectivity index (χ3n) is 4.50. The highest BCUT2D eigenvalue weighted by Gasteiger charge is 2.11. The summed E-state index contributed by atoms with van der Waals surface area (Å²) in [5.74, 6) is -0.317. The van der Waals surface area contributed by atoms with Crippen LogP contribution in [0.15, 0.2) is 72.0 Å². The first kappa shape index (κ1) is 20.0. The maximum Gasteiger partial charge on any atom is 0.213 e. The summed E-state index contributed by atoms with van der Waals surface area (Å²) >= 11 is 0. The van der Waals surface area contributed by atoms with Crippen molar-refractivity contribution in [2.75, 3.05) is 17.8 Å². The lowest BCUT2D eigenvalue weighted by Crippen LogP contribution is -2.34. The number of para-hydroxylation sites is 2. The number of hydrogen-bond acceptors (Lipinski definition) is 5. The molecule has 0 spiro atoms. The quantitative estimate of drug-likeness (QED) is 0.193. The minimum atomic E-state index is -4.15. The van der Waals surface area contributed by atoms with Crippen LogP contribution in [0.1, 0.15) is 18.4 Å². The van der Waals surface area contributed by atoms with Gasteiger partial charge < -0.3 is 4.55 Å². The molecular formula is C21H23N3O3S. The molecule has 1 heterocycles. The summed E-state index contributed by atoms with van der Waals surface area (Å²) in [6, 6.07) is 19.9. The van der Waals surface area contributed by atoms with Crippen molar-refractivity contribution < 1.29 is 17.5 Å². The first-order valence-electron chi connectivity index (χ1n) is 9.11. The monoisotopic (exact) mass is 397 g/mol. The zero-order valence-electron chi connectivity index (χ0n) is 15.7. The van der Waals surface area contributed by atoms with Gasteiger partial charge in [0.25, 0.3) is 0 Å². The summed E-state index contributed by atoms with van der Waals surface area (Å²) in [7, 11) is -2.24. The first-order valence-corrected chi connectivity index (χ1v) is 10.7. The zero-order chi connectivity index (χ0) is 20.0. The van der Waals surface area contributed by atoms with E-state index >= 15 is 0 Å². The molecule has 0 amide bonds. The van der Waals surface area contributed by atoms with Gasteiger partial charge in [0, 0.05) is 36.9 Å². The van der Waals surface area contributed by atoms with Crippen LogP contribution in [0, 0.1) is 0 Å². The van der Waals surface area contributed by atoms with E-state index in [9.17, 15) is 13.0 Å². The standard InChI is InChI=1S/C21H23N3O3S/c1-23(19-9-3-2-4-10-19)22-17-18-13-15-24(14-7-8-16-28(25,26)27)21-12-6-5-11-20(18)21/h2-6,9-13,15,17H,7-8,14,16H2,1H3. The van der Waals surface area contributed by atoms with Crippen LogP contribution in [0.3, 0.4) is 0 Å². The Balaban J connectivity index is 1.79. The number of hydrazone groups is 1. The number of pyridine rings is 1. The van der Waals surface area contributed by atoms with Gasteiger partial charge in [-0.15, -0.1) is 0 Å². The van der Waals surface area contributed by atoms with Crippen molar-refractivity contribution in [2.45, 2.75) is 19.4 Å². The molecule has 3 rings (SSSR count). The fourth-order valence-electron chi connectivity index (χ4n) is 3.04. The second-order valence-corrected chi connectivity index (χ2v) is 8.08. The minimum absolute atomic E-state index is 0.317.